The van der Waals surface area contributed by atoms with Crippen LogP contribution in [0.25, 0.3) is 0 Å². The molecule has 1 aromatic rings. The Bertz CT molecular complexity index is 337. The van der Waals surface area contributed by atoms with Crippen LogP contribution in [0.2, 0.25) is 0 Å². The largest absolute Gasteiger partial charge is 0.369 e. The number of nitrogens with two attached hydrogens (primary N) is 1. The molecule has 15 heavy (non-hydrogen) atoms. The van der Waals surface area contributed by atoms with Crippen molar-refractivity contribution < 1.29 is 4.79 Å². The highest BCUT2D eigenvalue weighted by atomic mass is 16.1. The molecular formula is C12H16N2O. The average Bonchev–Trinajstić information content (AvgIpc) is 2.67. The van der Waals surface area contributed by atoms with Gasteiger partial charge < -0.3 is 5.73 Å². The number of carbonyl (C=O) groups excluding carboxylic acids is 1. The molecule has 1 heterocycles. The van der Waals surface area contributed by atoms with Crippen LogP contribution >= 0.6 is 0 Å². The van der Waals surface area contributed by atoms with Gasteiger partial charge in [-0.2, -0.15) is 0 Å². The fourth-order valence-electron chi connectivity index (χ4n) is 2.19. The van der Waals surface area contributed by atoms with Gasteiger partial charge in [0.15, 0.2) is 0 Å². The van der Waals surface area contributed by atoms with Gasteiger partial charge in [0, 0.05) is 6.54 Å². The molecule has 1 amide bonds. The van der Waals surface area contributed by atoms with E-state index in [4.69, 9.17) is 5.73 Å². The molecule has 3 nitrogen and oxygen atoms in total. The molecule has 2 rings (SSSR count). The number of amides is 1. The quantitative estimate of drug-likeness (QED) is 0.797. The van der Waals surface area contributed by atoms with Crippen molar-refractivity contribution in [3.05, 3.63) is 35.9 Å². The van der Waals surface area contributed by atoms with E-state index in [1.54, 1.807) is 0 Å². The number of nitrogens with zero attached hydrogens (tertiary/aromatic N) is 1. The summed E-state index contributed by atoms with van der Waals surface area (Å²) in [6.07, 6.45) is 1.12. The normalized spacial score (nSPS) is 21.7. The summed E-state index contributed by atoms with van der Waals surface area (Å²) in [6, 6.07) is 10.5. The molecule has 2 N–H and O–H groups in total. The van der Waals surface area contributed by atoms with Gasteiger partial charge in [0.1, 0.15) is 0 Å². The predicted molar refractivity (Wildman–Crippen MR) is 59.4 cm³/mol. The van der Waals surface area contributed by atoms with Crippen molar-refractivity contribution >= 4 is 5.91 Å². The van der Waals surface area contributed by atoms with E-state index < -0.39 is 0 Å². The van der Waals surface area contributed by atoms with Gasteiger partial charge in [-0.15, -0.1) is 0 Å². The van der Waals surface area contributed by atoms with Gasteiger partial charge in [-0.05, 0) is 24.4 Å². The van der Waals surface area contributed by atoms with Crippen LogP contribution in [0.5, 0.6) is 0 Å². The molecule has 1 saturated heterocycles. The molecule has 1 aliphatic heterocycles. The summed E-state index contributed by atoms with van der Waals surface area (Å²) in [6.45, 7) is 2.32. The lowest BCUT2D eigenvalue weighted by molar-refractivity contribution is -0.118. The predicted octanol–water partition coefficient (Wildman–Crippen LogP) is 0.961. The lowest BCUT2D eigenvalue weighted by Crippen LogP contribution is -2.31. The summed E-state index contributed by atoms with van der Waals surface area (Å²) < 4.78 is 0. The Morgan fingerprint density at radius 2 is 2.13 bits per heavy atom. The Kier molecular flexibility index (Phi) is 3.02. The van der Waals surface area contributed by atoms with Gasteiger partial charge in [-0.1, -0.05) is 30.3 Å². The molecule has 1 aromatic carbocycles. The van der Waals surface area contributed by atoms with Gasteiger partial charge in [0.25, 0.3) is 0 Å². The van der Waals surface area contributed by atoms with Crippen LogP contribution in [0.1, 0.15) is 17.9 Å². The van der Waals surface area contributed by atoms with E-state index in [0.29, 0.717) is 12.5 Å². The molecular weight excluding hydrogens is 188 g/mol. The van der Waals surface area contributed by atoms with Crippen molar-refractivity contribution in [2.45, 2.75) is 12.3 Å². The second-order valence-corrected chi connectivity index (χ2v) is 4.10. The third kappa shape index (κ3) is 2.57. The van der Waals surface area contributed by atoms with Crippen molar-refractivity contribution in [2.24, 2.45) is 5.73 Å². The molecule has 0 bridgehead atoms. The SMILES string of the molecule is NC(=O)CN1CC[C@@H](c2ccccc2)C1. The number of likely N-dealkylation sites (tertiary alicyclic amines) is 1. The van der Waals surface area contributed by atoms with Crippen molar-refractivity contribution in [3.63, 3.8) is 0 Å². The monoisotopic (exact) mass is 204 g/mol. The second kappa shape index (κ2) is 4.45. The third-order valence-electron chi connectivity index (χ3n) is 2.92. The Balaban J connectivity index is 1.96. The van der Waals surface area contributed by atoms with E-state index >= 15 is 0 Å². The third-order valence-corrected chi connectivity index (χ3v) is 2.92. The summed E-state index contributed by atoms with van der Waals surface area (Å²) in [5.41, 5.74) is 6.54. The van der Waals surface area contributed by atoms with Crippen molar-refractivity contribution in [1.82, 2.24) is 4.90 Å². The van der Waals surface area contributed by atoms with Crippen LogP contribution in [-0.4, -0.2) is 30.4 Å². The smallest absolute Gasteiger partial charge is 0.231 e. The standard InChI is InChI=1S/C12H16N2O/c13-12(15)9-14-7-6-11(8-14)10-4-2-1-3-5-10/h1-5,11H,6-9H2,(H2,13,15)/t11-/m1/s1. The Labute approximate surface area is 89.9 Å². The first-order valence-electron chi connectivity index (χ1n) is 5.31. The van der Waals surface area contributed by atoms with Crippen LogP contribution in [0, 0.1) is 0 Å². The number of benzene rings is 1. The van der Waals surface area contributed by atoms with Crippen molar-refractivity contribution in [3.8, 4) is 0 Å². The molecule has 1 aliphatic rings. The Morgan fingerprint density at radius 3 is 2.80 bits per heavy atom. The van der Waals surface area contributed by atoms with Crippen LogP contribution in [-0.2, 0) is 4.79 Å². The Morgan fingerprint density at radius 1 is 1.40 bits per heavy atom. The fraction of sp³-hybridized carbons (Fsp3) is 0.417. The summed E-state index contributed by atoms with van der Waals surface area (Å²) in [7, 11) is 0. The summed E-state index contributed by atoms with van der Waals surface area (Å²) >= 11 is 0. The highest BCUT2D eigenvalue weighted by molar-refractivity contribution is 5.75. The Hall–Kier alpha value is -1.35. The molecule has 0 unspecified atom stereocenters. The lowest BCUT2D eigenvalue weighted by Gasteiger charge is -2.13. The van der Waals surface area contributed by atoms with E-state index in [2.05, 4.69) is 29.2 Å². The zero-order chi connectivity index (χ0) is 10.7. The van der Waals surface area contributed by atoms with Gasteiger partial charge >= 0.3 is 0 Å². The van der Waals surface area contributed by atoms with Crippen molar-refractivity contribution in [1.29, 1.82) is 0 Å². The van der Waals surface area contributed by atoms with Crippen LogP contribution in [0.15, 0.2) is 30.3 Å². The first-order valence-corrected chi connectivity index (χ1v) is 5.31. The summed E-state index contributed by atoms with van der Waals surface area (Å²) in [5, 5.41) is 0. The molecule has 0 aliphatic carbocycles. The van der Waals surface area contributed by atoms with Gasteiger partial charge in [0.2, 0.25) is 5.91 Å². The fourth-order valence-corrected chi connectivity index (χ4v) is 2.19. The maximum Gasteiger partial charge on any atom is 0.231 e. The average molecular weight is 204 g/mol. The molecule has 0 aromatic heterocycles. The molecule has 80 valence electrons. The maximum atomic E-state index is 10.8. The molecule has 1 atom stereocenters. The summed E-state index contributed by atoms with van der Waals surface area (Å²) in [4.78, 5) is 12.9. The molecule has 1 fully saturated rings. The molecule has 0 spiro atoms. The summed E-state index contributed by atoms with van der Waals surface area (Å²) in [5.74, 6) is 0.328. The van der Waals surface area contributed by atoms with Crippen LogP contribution < -0.4 is 5.73 Å². The van der Waals surface area contributed by atoms with E-state index in [-0.39, 0.29) is 5.91 Å². The van der Waals surface area contributed by atoms with E-state index in [0.717, 1.165) is 19.5 Å². The van der Waals surface area contributed by atoms with E-state index in [1.165, 1.54) is 5.56 Å². The highest BCUT2D eigenvalue weighted by Crippen LogP contribution is 2.26. The van der Waals surface area contributed by atoms with E-state index in [1.807, 2.05) is 6.07 Å². The zero-order valence-electron chi connectivity index (χ0n) is 8.73. The number of primary amides is 1. The topological polar surface area (TPSA) is 46.3 Å². The first-order chi connectivity index (χ1) is 7.25. The second-order valence-electron chi connectivity index (χ2n) is 4.10. The minimum absolute atomic E-state index is 0.233. The molecule has 3 heteroatoms. The van der Waals surface area contributed by atoms with Gasteiger partial charge in [-0.3, -0.25) is 9.69 Å². The van der Waals surface area contributed by atoms with Crippen LogP contribution in [0.3, 0.4) is 0 Å². The number of hydrogen-bond acceptors (Lipinski definition) is 2. The number of rotatable bonds is 3. The van der Waals surface area contributed by atoms with Gasteiger partial charge in [-0.25, -0.2) is 0 Å². The zero-order valence-corrected chi connectivity index (χ0v) is 8.73. The number of hydrogen-bond donors (Lipinski definition) is 1. The molecule has 0 radical (unpaired) electrons. The highest BCUT2D eigenvalue weighted by Gasteiger charge is 2.24. The first kappa shape index (κ1) is 10.2. The van der Waals surface area contributed by atoms with Gasteiger partial charge in [0.05, 0.1) is 6.54 Å². The van der Waals surface area contributed by atoms with Crippen LogP contribution in [0.4, 0.5) is 0 Å². The molecule has 0 saturated carbocycles. The number of carbonyl (C=O) groups is 1. The van der Waals surface area contributed by atoms with E-state index in [9.17, 15) is 4.79 Å². The maximum absolute atomic E-state index is 10.8. The van der Waals surface area contributed by atoms with Crippen molar-refractivity contribution in [2.75, 3.05) is 19.6 Å². The minimum Gasteiger partial charge on any atom is -0.369 e. The minimum atomic E-state index is -0.233. The lowest BCUT2D eigenvalue weighted by atomic mass is 9.99.